The maximum Gasteiger partial charge on any atom is 0.234 e. The number of nitrogens with one attached hydrogen (secondary N) is 2. The van der Waals surface area contributed by atoms with Gasteiger partial charge in [-0.05, 0) is 24.1 Å². The van der Waals surface area contributed by atoms with E-state index in [4.69, 9.17) is 4.74 Å². The average Bonchev–Trinajstić information content (AvgIpc) is 2.27. The number of hydrogen-bond acceptors (Lipinski definition) is 3. The molecule has 0 unspecified atom stereocenters. The number of aryl methyl sites for hydroxylation is 1. The van der Waals surface area contributed by atoms with Crippen molar-refractivity contribution in [2.45, 2.75) is 12.8 Å². The second-order valence-corrected chi connectivity index (χ2v) is 3.27. The predicted octanol–water partition coefficient (Wildman–Crippen LogP) is 1.02. The number of amides is 1. The summed E-state index contributed by atoms with van der Waals surface area (Å²) in [6, 6.07) is 4.68. The Hall–Kier alpha value is -1.62. The van der Waals surface area contributed by atoms with Gasteiger partial charge in [0, 0.05) is 13.5 Å². The van der Waals surface area contributed by atoms with Crippen LogP contribution in [0.5, 0.6) is 5.75 Å². The van der Waals surface area contributed by atoms with E-state index in [0.717, 1.165) is 5.56 Å². The van der Waals surface area contributed by atoms with Gasteiger partial charge in [0.05, 0.1) is 7.11 Å². The molecule has 1 aromatic rings. The molecule has 1 aromatic carbocycles. The molecule has 0 bridgehead atoms. The highest BCUT2D eigenvalue weighted by Gasteiger charge is 2.05. The largest absolute Gasteiger partial charge is 0.494 e. The van der Waals surface area contributed by atoms with Gasteiger partial charge in [-0.1, -0.05) is 6.07 Å². The summed E-state index contributed by atoms with van der Waals surface area (Å²) in [6.45, 7) is 0. The Bertz CT molecular complexity index is 369. The third-order valence-electron chi connectivity index (χ3n) is 2.12. The number of rotatable bonds is 5. The smallest absolute Gasteiger partial charge is 0.234 e. The van der Waals surface area contributed by atoms with Crippen LogP contribution in [0.25, 0.3) is 0 Å². The molecule has 16 heavy (non-hydrogen) atoms. The van der Waals surface area contributed by atoms with E-state index in [1.54, 1.807) is 19.2 Å². The molecule has 0 heterocycles. The molecule has 0 saturated heterocycles. The molecule has 4 nitrogen and oxygen atoms in total. The van der Waals surface area contributed by atoms with Crippen LogP contribution in [-0.4, -0.2) is 20.1 Å². The first-order chi connectivity index (χ1) is 7.67. The van der Waals surface area contributed by atoms with E-state index in [9.17, 15) is 9.18 Å². The molecular weight excluding hydrogens is 211 g/mol. The lowest BCUT2D eigenvalue weighted by Crippen LogP contribution is -2.34. The normalized spacial score (nSPS) is 9.94. The number of ether oxygens (including phenoxy) is 1. The van der Waals surface area contributed by atoms with Crippen molar-refractivity contribution in [3.05, 3.63) is 29.6 Å². The van der Waals surface area contributed by atoms with Crippen LogP contribution >= 0.6 is 0 Å². The van der Waals surface area contributed by atoms with Crippen LogP contribution in [0.3, 0.4) is 0 Å². The minimum Gasteiger partial charge on any atom is -0.494 e. The summed E-state index contributed by atoms with van der Waals surface area (Å²) in [7, 11) is 3.03. The molecule has 0 fully saturated rings. The monoisotopic (exact) mass is 226 g/mol. The average molecular weight is 226 g/mol. The minimum atomic E-state index is -0.408. The van der Waals surface area contributed by atoms with Crippen LogP contribution in [0, 0.1) is 5.82 Å². The van der Waals surface area contributed by atoms with Gasteiger partial charge in [-0.25, -0.2) is 9.82 Å². The Morgan fingerprint density at radius 2 is 2.25 bits per heavy atom. The van der Waals surface area contributed by atoms with Crippen LogP contribution in [-0.2, 0) is 11.2 Å². The van der Waals surface area contributed by atoms with E-state index in [-0.39, 0.29) is 11.7 Å². The van der Waals surface area contributed by atoms with Crippen LogP contribution in [0.2, 0.25) is 0 Å². The minimum absolute atomic E-state index is 0.126. The van der Waals surface area contributed by atoms with Crippen molar-refractivity contribution >= 4 is 5.91 Å². The highest BCUT2D eigenvalue weighted by Crippen LogP contribution is 2.18. The molecule has 0 aliphatic heterocycles. The predicted molar refractivity (Wildman–Crippen MR) is 58.5 cm³/mol. The first kappa shape index (κ1) is 12.4. The summed E-state index contributed by atoms with van der Waals surface area (Å²) in [4.78, 5) is 11.1. The van der Waals surface area contributed by atoms with Gasteiger partial charge < -0.3 is 4.74 Å². The lowest BCUT2D eigenvalue weighted by molar-refractivity contribution is -0.121. The maximum atomic E-state index is 13.3. The third kappa shape index (κ3) is 3.51. The summed E-state index contributed by atoms with van der Waals surface area (Å²) in [5, 5.41) is 0. The highest BCUT2D eigenvalue weighted by atomic mass is 19.1. The molecule has 0 atom stereocenters. The van der Waals surface area contributed by atoms with Gasteiger partial charge in [-0.3, -0.25) is 10.2 Å². The quantitative estimate of drug-likeness (QED) is 0.737. The Kier molecular flexibility index (Phi) is 4.72. The van der Waals surface area contributed by atoms with Gasteiger partial charge >= 0.3 is 0 Å². The van der Waals surface area contributed by atoms with Crippen LogP contribution in [0.4, 0.5) is 4.39 Å². The van der Waals surface area contributed by atoms with Crippen molar-refractivity contribution in [1.29, 1.82) is 0 Å². The molecule has 1 rings (SSSR count). The zero-order valence-corrected chi connectivity index (χ0v) is 9.34. The van der Waals surface area contributed by atoms with Gasteiger partial charge in [0.2, 0.25) is 5.91 Å². The van der Waals surface area contributed by atoms with E-state index in [1.807, 2.05) is 0 Å². The molecule has 88 valence electrons. The zero-order valence-electron chi connectivity index (χ0n) is 9.34. The summed E-state index contributed by atoms with van der Waals surface area (Å²) in [5.74, 6) is -0.323. The van der Waals surface area contributed by atoms with E-state index in [1.165, 1.54) is 13.2 Å². The second kappa shape index (κ2) is 6.07. The number of benzene rings is 1. The first-order valence-corrected chi connectivity index (χ1v) is 4.95. The molecule has 2 N–H and O–H groups in total. The van der Waals surface area contributed by atoms with Gasteiger partial charge in [-0.2, -0.15) is 0 Å². The number of hydrogen-bond donors (Lipinski definition) is 2. The molecule has 1 amide bonds. The lowest BCUT2D eigenvalue weighted by atomic mass is 10.1. The van der Waals surface area contributed by atoms with Gasteiger partial charge in [-0.15, -0.1) is 0 Å². The SMILES string of the molecule is CNNC(=O)CCc1ccc(OC)c(F)c1. The number of hydrazine groups is 1. The van der Waals surface area contributed by atoms with Crippen molar-refractivity contribution in [3.8, 4) is 5.75 Å². The topological polar surface area (TPSA) is 50.4 Å². The van der Waals surface area contributed by atoms with Crippen molar-refractivity contribution in [2.75, 3.05) is 14.2 Å². The fraction of sp³-hybridized carbons (Fsp3) is 0.364. The summed E-state index contributed by atoms with van der Waals surface area (Å²) >= 11 is 0. The van der Waals surface area contributed by atoms with Crippen molar-refractivity contribution in [3.63, 3.8) is 0 Å². The first-order valence-electron chi connectivity index (χ1n) is 4.95. The molecular formula is C11H15FN2O2. The summed E-state index contributed by atoms with van der Waals surface area (Å²) < 4.78 is 18.1. The van der Waals surface area contributed by atoms with E-state index in [0.29, 0.717) is 12.8 Å². The highest BCUT2D eigenvalue weighted by molar-refractivity contribution is 5.75. The van der Waals surface area contributed by atoms with Crippen molar-refractivity contribution in [1.82, 2.24) is 10.9 Å². The maximum absolute atomic E-state index is 13.3. The number of methoxy groups -OCH3 is 1. The van der Waals surface area contributed by atoms with Gasteiger partial charge in [0.15, 0.2) is 11.6 Å². The molecule has 0 aromatic heterocycles. The second-order valence-electron chi connectivity index (χ2n) is 3.27. The third-order valence-corrected chi connectivity index (χ3v) is 2.12. The van der Waals surface area contributed by atoms with Crippen LogP contribution in [0.1, 0.15) is 12.0 Å². The number of halogens is 1. The van der Waals surface area contributed by atoms with Crippen molar-refractivity contribution in [2.24, 2.45) is 0 Å². The molecule has 0 saturated carbocycles. The van der Waals surface area contributed by atoms with Gasteiger partial charge in [0.25, 0.3) is 0 Å². The molecule has 0 spiro atoms. The Morgan fingerprint density at radius 3 is 2.81 bits per heavy atom. The fourth-order valence-electron chi connectivity index (χ4n) is 1.33. The Morgan fingerprint density at radius 1 is 1.50 bits per heavy atom. The standard InChI is InChI=1S/C11H15FN2O2/c1-13-14-11(15)6-4-8-3-5-10(16-2)9(12)7-8/h3,5,7,13H,4,6H2,1-2H3,(H,14,15). The molecule has 5 heteroatoms. The number of carbonyl (C=O) groups excluding carboxylic acids is 1. The lowest BCUT2D eigenvalue weighted by Gasteiger charge is -2.05. The van der Waals surface area contributed by atoms with Crippen molar-refractivity contribution < 1.29 is 13.9 Å². The summed E-state index contributed by atoms with van der Waals surface area (Å²) in [6.07, 6.45) is 0.807. The Balaban J connectivity index is 2.55. The molecule has 0 aliphatic rings. The fourth-order valence-corrected chi connectivity index (χ4v) is 1.33. The molecule has 0 aliphatic carbocycles. The van der Waals surface area contributed by atoms with Gasteiger partial charge in [0.1, 0.15) is 0 Å². The van der Waals surface area contributed by atoms with Crippen LogP contribution < -0.4 is 15.6 Å². The zero-order chi connectivity index (χ0) is 12.0. The Labute approximate surface area is 93.8 Å². The van der Waals surface area contributed by atoms with Crippen LogP contribution in [0.15, 0.2) is 18.2 Å². The van der Waals surface area contributed by atoms with E-state index < -0.39 is 5.82 Å². The summed E-state index contributed by atoms with van der Waals surface area (Å²) in [5.41, 5.74) is 5.75. The van der Waals surface area contributed by atoms with E-state index in [2.05, 4.69) is 10.9 Å². The van der Waals surface area contributed by atoms with E-state index >= 15 is 0 Å². The molecule has 0 radical (unpaired) electrons. The number of carbonyl (C=O) groups is 1.